The van der Waals surface area contributed by atoms with Gasteiger partial charge in [-0.1, -0.05) is 6.07 Å². The Morgan fingerprint density at radius 2 is 1.60 bits per heavy atom. The Labute approximate surface area is 232 Å². The first-order chi connectivity index (χ1) is 19.1. The van der Waals surface area contributed by atoms with Crippen molar-refractivity contribution < 1.29 is 19.3 Å². The van der Waals surface area contributed by atoms with Gasteiger partial charge in [0.05, 0.1) is 16.8 Å². The number of hydrogen-bond donors (Lipinski definition) is 1. The zero-order valence-electron chi connectivity index (χ0n) is 22.9. The van der Waals surface area contributed by atoms with Crippen molar-refractivity contribution in [2.45, 2.75) is 63.8 Å². The number of carbonyl (C=O) groups excluding carboxylic acids is 3. The number of pyridine rings is 1. The van der Waals surface area contributed by atoms with E-state index in [4.69, 9.17) is 0 Å². The van der Waals surface area contributed by atoms with Crippen molar-refractivity contribution in [3.05, 3.63) is 52.2 Å². The van der Waals surface area contributed by atoms with Gasteiger partial charge < -0.3 is 19.9 Å². The molecule has 11 heteroatoms. The zero-order valence-corrected chi connectivity index (χ0v) is 22.9. The number of rotatable bonds is 4. The van der Waals surface area contributed by atoms with Crippen LogP contribution in [0.15, 0.2) is 36.5 Å². The van der Waals surface area contributed by atoms with Crippen molar-refractivity contribution in [2.24, 2.45) is 5.41 Å². The van der Waals surface area contributed by atoms with E-state index in [1.165, 1.54) is 6.07 Å². The summed E-state index contributed by atoms with van der Waals surface area (Å²) in [6, 6.07) is 8.53. The Kier molecular flexibility index (Phi) is 6.27. The smallest absolute Gasteiger partial charge is 0.363 e. The van der Waals surface area contributed by atoms with E-state index >= 15 is 0 Å². The number of nitrogens with zero attached hydrogens (tertiary/aromatic N) is 5. The molecule has 4 aliphatic heterocycles. The highest BCUT2D eigenvalue weighted by molar-refractivity contribution is 6.14. The number of hydrogen-bond acceptors (Lipinski definition) is 8. The lowest BCUT2D eigenvalue weighted by atomic mass is 9.71. The molecule has 1 aromatic heterocycles. The van der Waals surface area contributed by atoms with Gasteiger partial charge in [0, 0.05) is 49.9 Å². The molecule has 1 spiro atoms. The molecule has 11 nitrogen and oxygen atoms in total. The number of imide groups is 1. The van der Waals surface area contributed by atoms with Crippen molar-refractivity contribution in [1.82, 2.24) is 10.3 Å². The number of nitrogens with one attached hydrogen (secondary N) is 1. The summed E-state index contributed by atoms with van der Waals surface area (Å²) >= 11 is 0. The number of aromatic nitrogens is 1. The van der Waals surface area contributed by atoms with Gasteiger partial charge in [-0.05, 0) is 79.5 Å². The summed E-state index contributed by atoms with van der Waals surface area (Å²) < 4.78 is 0. The van der Waals surface area contributed by atoms with Crippen molar-refractivity contribution in [3.8, 4) is 0 Å². The second-order valence-electron chi connectivity index (χ2n) is 12.0. The lowest BCUT2D eigenvalue weighted by Gasteiger charge is -2.48. The summed E-state index contributed by atoms with van der Waals surface area (Å²) in [4.78, 5) is 58.8. The molecule has 0 saturated carbocycles. The van der Waals surface area contributed by atoms with Crippen LogP contribution in [0.1, 0.15) is 57.9 Å². The third-order valence-electron chi connectivity index (χ3n) is 9.45. The first-order valence-corrected chi connectivity index (χ1v) is 14.0. The van der Waals surface area contributed by atoms with E-state index in [1.54, 1.807) is 17.2 Å². The maximum Gasteiger partial charge on any atom is 0.363 e. The molecule has 1 unspecified atom stereocenters. The molecule has 3 fully saturated rings. The number of nitro groups is 1. The molecule has 3 saturated heterocycles. The number of benzene rings is 1. The lowest BCUT2D eigenvalue weighted by Crippen LogP contribution is -2.55. The highest BCUT2D eigenvalue weighted by Gasteiger charge is 2.51. The second kappa shape index (κ2) is 9.57. The van der Waals surface area contributed by atoms with E-state index in [0.717, 1.165) is 74.5 Å². The monoisotopic (exact) mass is 546 g/mol. The first-order valence-electron chi connectivity index (χ1n) is 14.0. The maximum absolute atomic E-state index is 13.7. The normalized spacial score (nSPS) is 23.8. The van der Waals surface area contributed by atoms with Crippen LogP contribution in [0.3, 0.4) is 0 Å². The molecule has 0 aliphatic carbocycles. The van der Waals surface area contributed by atoms with Gasteiger partial charge in [-0.2, -0.15) is 0 Å². The molecule has 210 valence electrons. The van der Waals surface area contributed by atoms with Crippen LogP contribution in [0.2, 0.25) is 0 Å². The number of amides is 3. The van der Waals surface area contributed by atoms with Gasteiger partial charge in [-0.3, -0.25) is 24.6 Å². The summed E-state index contributed by atoms with van der Waals surface area (Å²) in [6.45, 7) is 7.41. The highest BCUT2D eigenvalue weighted by Crippen LogP contribution is 2.50. The quantitative estimate of drug-likeness (QED) is 0.351. The molecule has 0 bridgehead atoms. The Balaban J connectivity index is 1.16. The zero-order chi connectivity index (χ0) is 28.2. The Bertz CT molecular complexity index is 1370. The van der Waals surface area contributed by atoms with Crippen LogP contribution >= 0.6 is 0 Å². The maximum atomic E-state index is 13.7. The number of carbonyl (C=O) groups is 3. The predicted molar refractivity (Wildman–Crippen MR) is 149 cm³/mol. The summed E-state index contributed by atoms with van der Waals surface area (Å²) in [7, 11) is 0. The van der Waals surface area contributed by atoms with Crippen molar-refractivity contribution in [1.29, 1.82) is 0 Å². The third kappa shape index (κ3) is 4.28. The molecule has 1 N–H and O–H groups in total. The van der Waals surface area contributed by atoms with E-state index in [2.05, 4.69) is 26.2 Å². The topological polar surface area (TPSA) is 129 Å². The van der Waals surface area contributed by atoms with Crippen molar-refractivity contribution in [2.75, 3.05) is 40.9 Å². The summed E-state index contributed by atoms with van der Waals surface area (Å²) in [6.07, 6.45) is 6.35. The van der Waals surface area contributed by atoms with Gasteiger partial charge in [-0.15, -0.1) is 0 Å². The fourth-order valence-electron chi connectivity index (χ4n) is 7.02. The molecule has 2 aromatic rings. The summed E-state index contributed by atoms with van der Waals surface area (Å²) in [5.74, 6) is -0.943. The van der Waals surface area contributed by atoms with Crippen LogP contribution in [0.5, 0.6) is 0 Å². The summed E-state index contributed by atoms with van der Waals surface area (Å²) in [5.41, 5.74) is 3.17. The number of anilines is 3. The van der Waals surface area contributed by atoms with Gasteiger partial charge in [0.2, 0.25) is 17.7 Å². The van der Waals surface area contributed by atoms with Gasteiger partial charge >= 0.3 is 5.82 Å². The van der Waals surface area contributed by atoms with Gasteiger partial charge in [0.15, 0.2) is 6.20 Å². The van der Waals surface area contributed by atoms with Gasteiger partial charge in [-0.25, -0.2) is 0 Å². The van der Waals surface area contributed by atoms with E-state index in [0.29, 0.717) is 6.42 Å². The van der Waals surface area contributed by atoms with Crippen molar-refractivity contribution >= 4 is 40.6 Å². The minimum Gasteiger partial charge on any atom is -0.371 e. The van der Waals surface area contributed by atoms with Crippen molar-refractivity contribution in [3.63, 3.8) is 0 Å². The number of piperidine rings is 3. The average Bonchev–Trinajstić information content (AvgIpc) is 3.15. The highest BCUT2D eigenvalue weighted by atomic mass is 16.6. The van der Waals surface area contributed by atoms with Gasteiger partial charge in [0.1, 0.15) is 6.04 Å². The minimum absolute atomic E-state index is 0.106. The Morgan fingerprint density at radius 3 is 2.20 bits per heavy atom. The van der Waals surface area contributed by atoms with Crippen LogP contribution in [0.25, 0.3) is 0 Å². The second-order valence-corrected chi connectivity index (χ2v) is 12.0. The molecular formula is C29H34N6O5. The Hall–Kier alpha value is -4.02. The van der Waals surface area contributed by atoms with E-state index in [9.17, 15) is 24.5 Å². The molecule has 3 amide bonds. The lowest BCUT2D eigenvalue weighted by molar-refractivity contribution is -0.389. The van der Waals surface area contributed by atoms with Crippen LogP contribution in [0, 0.1) is 15.5 Å². The molecule has 40 heavy (non-hydrogen) atoms. The average molecular weight is 547 g/mol. The first kappa shape index (κ1) is 26.2. The fourth-order valence-corrected chi connectivity index (χ4v) is 7.02. The fraction of sp³-hybridized carbons (Fsp3) is 0.517. The Morgan fingerprint density at radius 1 is 0.950 bits per heavy atom. The summed E-state index contributed by atoms with van der Waals surface area (Å²) in [5, 5.41) is 13.3. The number of fused-ring (bicyclic) bond motifs is 1. The van der Waals surface area contributed by atoms with E-state index < -0.39 is 22.3 Å². The largest absolute Gasteiger partial charge is 0.371 e. The van der Waals surface area contributed by atoms with Crippen LogP contribution in [-0.4, -0.2) is 59.8 Å². The van der Waals surface area contributed by atoms with E-state index in [-0.39, 0.29) is 29.5 Å². The molecule has 4 aliphatic rings. The molecule has 1 aromatic carbocycles. The van der Waals surface area contributed by atoms with Crippen LogP contribution in [0.4, 0.5) is 22.9 Å². The molecule has 1 atom stereocenters. The minimum atomic E-state index is -0.785. The molecule has 0 radical (unpaired) electrons. The molecular weight excluding hydrogens is 512 g/mol. The third-order valence-corrected chi connectivity index (χ3v) is 9.45. The molecule has 5 heterocycles. The van der Waals surface area contributed by atoms with Gasteiger partial charge in [0.25, 0.3) is 0 Å². The van der Waals surface area contributed by atoms with Crippen LogP contribution in [-0.2, 0) is 19.8 Å². The standard InChI is InChI=1S/C29H34N6O5/c1-28(2)25-20(4-3-5-21(25)34(27(28)38)22-7-9-24(36)31-26(22)37)33-16-12-29(13-17-33)10-14-32(15-11-29)19-6-8-23(30-18-19)35(39)40/h3-6,8,18,22H,7,9-17H2,1-2H3,(H,31,36,37). The predicted octanol–water partition coefficient (Wildman–Crippen LogP) is 3.31. The SMILES string of the molecule is CC1(C)C(=O)N(C2CCC(=O)NC2=O)c2cccc(N3CCC4(CCN(c5ccc([N+](=O)[O-])nc5)CC4)CC3)c21. The molecule has 6 rings (SSSR count). The van der Waals surface area contributed by atoms with Crippen LogP contribution < -0.4 is 20.0 Å². The van der Waals surface area contributed by atoms with E-state index in [1.807, 2.05) is 26.0 Å².